The molecule has 0 radical (unpaired) electrons. The molecule has 28 heavy (non-hydrogen) atoms. The Labute approximate surface area is 172 Å². The molecular weight excluding hydrogens is 390 g/mol. The first-order chi connectivity index (χ1) is 13.4. The summed E-state index contributed by atoms with van der Waals surface area (Å²) >= 11 is 2.89. The largest absolute Gasteiger partial charge is 0.325 e. The van der Waals surface area contributed by atoms with E-state index in [0.717, 1.165) is 46.3 Å². The summed E-state index contributed by atoms with van der Waals surface area (Å²) in [5.41, 5.74) is 4.00. The first kappa shape index (κ1) is 19.2. The Morgan fingerprint density at radius 1 is 1.36 bits per heavy atom. The van der Waals surface area contributed by atoms with Crippen LogP contribution in [-0.2, 0) is 17.6 Å². The minimum Gasteiger partial charge on any atom is -0.325 e. The molecule has 0 aliphatic heterocycles. The number of aromatic nitrogens is 2. The van der Waals surface area contributed by atoms with Gasteiger partial charge in [0.15, 0.2) is 5.16 Å². The van der Waals surface area contributed by atoms with Crippen LogP contribution in [0.2, 0.25) is 0 Å². The molecule has 2 aromatic heterocycles. The molecule has 0 spiro atoms. The van der Waals surface area contributed by atoms with Crippen molar-refractivity contribution in [2.24, 2.45) is 5.92 Å². The van der Waals surface area contributed by atoms with E-state index in [9.17, 15) is 9.59 Å². The van der Waals surface area contributed by atoms with Crippen molar-refractivity contribution < 1.29 is 4.79 Å². The number of anilines is 1. The van der Waals surface area contributed by atoms with Crippen LogP contribution in [0.3, 0.4) is 0 Å². The number of rotatable bonds is 4. The first-order valence-electron chi connectivity index (χ1n) is 9.46. The topological polar surface area (TPSA) is 74.8 Å². The number of para-hydroxylation sites is 1. The van der Waals surface area contributed by atoms with Crippen LogP contribution < -0.4 is 10.9 Å². The number of carbonyl (C=O) groups is 1. The number of nitrogens with zero attached hydrogens (tertiary/aromatic N) is 1. The number of benzene rings is 1. The second-order valence-electron chi connectivity index (χ2n) is 7.51. The summed E-state index contributed by atoms with van der Waals surface area (Å²) in [6.45, 7) is 6.20. The van der Waals surface area contributed by atoms with Gasteiger partial charge in [-0.15, -0.1) is 11.3 Å². The number of carbonyl (C=O) groups excluding carboxylic acids is 1. The van der Waals surface area contributed by atoms with Crippen LogP contribution in [0.4, 0.5) is 5.69 Å². The van der Waals surface area contributed by atoms with Gasteiger partial charge in [-0.3, -0.25) is 9.59 Å². The maximum absolute atomic E-state index is 12.6. The monoisotopic (exact) mass is 413 g/mol. The molecule has 2 heterocycles. The van der Waals surface area contributed by atoms with Crippen LogP contribution in [0.5, 0.6) is 0 Å². The number of amides is 1. The van der Waals surface area contributed by atoms with E-state index in [1.165, 1.54) is 22.2 Å². The quantitative estimate of drug-likeness (QED) is 0.489. The lowest BCUT2D eigenvalue weighted by molar-refractivity contribution is -0.113. The Kier molecular flexibility index (Phi) is 5.29. The Hall–Kier alpha value is -2.12. The zero-order chi connectivity index (χ0) is 19.8. The number of fused-ring (bicyclic) bond motifs is 3. The van der Waals surface area contributed by atoms with Gasteiger partial charge >= 0.3 is 0 Å². The van der Waals surface area contributed by atoms with Crippen molar-refractivity contribution in [1.29, 1.82) is 0 Å². The molecular formula is C21H23N3O2S2. The minimum absolute atomic E-state index is 0.0882. The average molecular weight is 414 g/mol. The van der Waals surface area contributed by atoms with Gasteiger partial charge in [-0.25, -0.2) is 4.98 Å². The van der Waals surface area contributed by atoms with E-state index in [0.29, 0.717) is 11.1 Å². The molecule has 0 fully saturated rings. The lowest BCUT2D eigenvalue weighted by Crippen LogP contribution is -2.17. The van der Waals surface area contributed by atoms with Crippen LogP contribution >= 0.6 is 23.1 Å². The summed E-state index contributed by atoms with van der Waals surface area (Å²) in [5.74, 6) is 0.746. The van der Waals surface area contributed by atoms with Gasteiger partial charge in [0.25, 0.3) is 5.56 Å². The Morgan fingerprint density at radius 2 is 2.11 bits per heavy atom. The molecule has 1 amide bonds. The molecule has 1 aliphatic carbocycles. The van der Waals surface area contributed by atoms with Crippen molar-refractivity contribution in [2.45, 2.75) is 45.2 Å². The molecule has 5 nitrogen and oxygen atoms in total. The normalized spacial score (nSPS) is 16.2. The maximum Gasteiger partial charge on any atom is 0.260 e. The SMILES string of the molecule is Cc1cccc(C)c1NC(=O)CSc1nc2sc3c(c2c(=O)[nH]1)CCC(C)C3. The van der Waals surface area contributed by atoms with E-state index < -0.39 is 0 Å². The predicted octanol–water partition coefficient (Wildman–Crippen LogP) is 4.46. The van der Waals surface area contributed by atoms with Gasteiger partial charge in [0.1, 0.15) is 4.83 Å². The van der Waals surface area contributed by atoms with Crippen molar-refractivity contribution in [3.63, 3.8) is 0 Å². The van der Waals surface area contributed by atoms with Gasteiger partial charge in [0.2, 0.25) is 5.91 Å². The van der Waals surface area contributed by atoms with Gasteiger partial charge < -0.3 is 10.3 Å². The van der Waals surface area contributed by atoms with Gasteiger partial charge in [-0.05, 0) is 55.7 Å². The standard InChI is InChI=1S/C21H23N3O2S2/c1-11-7-8-14-15(9-11)28-20-17(14)19(26)23-21(24-20)27-10-16(25)22-18-12(2)5-4-6-13(18)3/h4-6,11H,7-10H2,1-3H3,(H,22,25)(H,23,24,26). The molecule has 0 saturated carbocycles. The van der Waals surface area contributed by atoms with Crippen molar-refractivity contribution in [1.82, 2.24) is 9.97 Å². The molecule has 1 atom stereocenters. The maximum atomic E-state index is 12.6. The number of thioether (sulfide) groups is 1. The van der Waals surface area contributed by atoms with Crippen molar-refractivity contribution in [3.05, 3.63) is 50.1 Å². The third kappa shape index (κ3) is 3.73. The number of nitrogens with one attached hydrogen (secondary N) is 2. The molecule has 7 heteroatoms. The highest BCUT2D eigenvalue weighted by Crippen LogP contribution is 2.36. The minimum atomic E-state index is -0.107. The smallest absolute Gasteiger partial charge is 0.260 e. The summed E-state index contributed by atoms with van der Waals surface area (Å²) in [6.07, 6.45) is 3.09. The van der Waals surface area contributed by atoms with Crippen molar-refractivity contribution in [3.8, 4) is 0 Å². The highest BCUT2D eigenvalue weighted by molar-refractivity contribution is 7.99. The summed E-state index contributed by atoms with van der Waals surface area (Å²) < 4.78 is 0. The fraction of sp³-hybridized carbons (Fsp3) is 0.381. The zero-order valence-corrected chi connectivity index (χ0v) is 17.9. The van der Waals surface area contributed by atoms with Gasteiger partial charge in [0.05, 0.1) is 11.1 Å². The van der Waals surface area contributed by atoms with Crippen LogP contribution in [0.15, 0.2) is 28.2 Å². The van der Waals surface area contributed by atoms with Crippen LogP contribution in [-0.4, -0.2) is 21.6 Å². The zero-order valence-electron chi connectivity index (χ0n) is 16.2. The molecule has 1 aromatic carbocycles. The number of H-pyrrole nitrogens is 1. The molecule has 3 aromatic rings. The highest BCUT2D eigenvalue weighted by Gasteiger charge is 2.23. The predicted molar refractivity (Wildman–Crippen MR) is 117 cm³/mol. The fourth-order valence-electron chi connectivity index (χ4n) is 3.72. The number of hydrogen-bond donors (Lipinski definition) is 2. The molecule has 1 aliphatic rings. The fourth-order valence-corrected chi connectivity index (χ4v) is 5.82. The van der Waals surface area contributed by atoms with E-state index >= 15 is 0 Å². The Balaban J connectivity index is 1.51. The van der Waals surface area contributed by atoms with E-state index in [2.05, 4.69) is 22.2 Å². The molecule has 0 bridgehead atoms. The first-order valence-corrected chi connectivity index (χ1v) is 11.3. The summed E-state index contributed by atoms with van der Waals surface area (Å²) in [7, 11) is 0. The number of aryl methyl sites for hydroxylation is 3. The van der Waals surface area contributed by atoms with Gasteiger partial charge in [-0.1, -0.05) is 36.9 Å². The molecule has 1 unspecified atom stereocenters. The summed E-state index contributed by atoms with van der Waals surface area (Å²) in [4.78, 5) is 34.6. The summed E-state index contributed by atoms with van der Waals surface area (Å²) in [5, 5.41) is 4.22. The van der Waals surface area contributed by atoms with Crippen molar-refractivity contribution in [2.75, 3.05) is 11.1 Å². The van der Waals surface area contributed by atoms with E-state index in [4.69, 9.17) is 0 Å². The number of thiophene rings is 1. The van der Waals surface area contributed by atoms with E-state index in [-0.39, 0.29) is 17.2 Å². The van der Waals surface area contributed by atoms with Gasteiger partial charge in [-0.2, -0.15) is 0 Å². The van der Waals surface area contributed by atoms with E-state index in [1.54, 1.807) is 11.3 Å². The highest BCUT2D eigenvalue weighted by atomic mass is 32.2. The second-order valence-corrected chi connectivity index (χ2v) is 9.55. The molecule has 0 saturated heterocycles. The van der Waals surface area contributed by atoms with Crippen molar-refractivity contribution >= 4 is 44.9 Å². The third-order valence-corrected chi connectivity index (χ3v) is 7.25. The molecule has 4 rings (SSSR count). The molecule has 146 valence electrons. The Morgan fingerprint density at radius 3 is 2.86 bits per heavy atom. The third-order valence-electron chi connectivity index (χ3n) is 5.23. The van der Waals surface area contributed by atoms with Crippen LogP contribution in [0, 0.1) is 19.8 Å². The van der Waals surface area contributed by atoms with E-state index in [1.807, 2.05) is 32.0 Å². The summed E-state index contributed by atoms with van der Waals surface area (Å²) in [6, 6.07) is 5.92. The van der Waals surface area contributed by atoms with Crippen LogP contribution in [0.1, 0.15) is 34.9 Å². The molecule has 2 N–H and O–H groups in total. The number of hydrogen-bond acceptors (Lipinski definition) is 5. The Bertz CT molecular complexity index is 1100. The van der Waals surface area contributed by atoms with Gasteiger partial charge in [0, 0.05) is 10.6 Å². The second kappa shape index (κ2) is 7.72. The van der Waals surface area contributed by atoms with Crippen LogP contribution in [0.25, 0.3) is 10.2 Å². The lowest BCUT2D eigenvalue weighted by Gasteiger charge is -2.17. The number of aromatic amines is 1. The average Bonchev–Trinajstić information content (AvgIpc) is 3.01. The lowest BCUT2D eigenvalue weighted by atomic mass is 9.89.